The van der Waals surface area contributed by atoms with E-state index in [4.69, 9.17) is 9.47 Å². The molecule has 1 aliphatic carbocycles. The highest BCUT2D eigenvalue weighted by Gasteiger charge is 2.25. The molecule has 1 aromatic heterocycles. The molecular weight excluding hydrogens is 306 g/mol. The first-order valence-corrected chi connectivity index (χ1v) is 8.38. The van der Waals surface area contributed by atoms with E-state index in [1.807, 2.05) is 18.2 Å². The lowest BCUT2D eigenvalue weighted by molar-refractivity contribution is 0.0933. The van der Waals surface area contributed by atoms with Crippen molar-refractivity contribution in [3.05, 3.63) is 40.7 Å². The van der Waals surface area contributed by atoms with Gasteiger partial charge in [0.2, 0.25) is 0 Å². The fourth-order valence-corrected chi connectivity index (χ4v) is 3.50. The number of rotatable bonds is 4. The van der Waals surface area contributed by atoms with Crippen LogP contribution in [0.15, 0.2) is 18.2 Å². The molecule has 1 aromatic carbocycles. The van der Waals surface area contributed by atoms with Crippen LogP contribution in [-0.4, -0.2) is 36.4 Å². The van der Waals surface area contributed by atoms with E-state index in [0.29, 0.717) is 18.8 Å². The molecule has 0 radical (unpaired) electrons. The van der Waals surface area contributed by atoms with E-state index in [9.17, 15) is 4.79 Å². The average molecular weight is 327 g/mol. The van der Waals surface area contributed by atoms with Gasteiger partial charge in [-0.1, -0.05) is 6.07 Å². The van der Waals surface area contributed by atoms with E-state index in [0.717, 1.165) is 54.0 Å². The molecule has 0 unspecified atom stereocenters. The summed E-state index contributed by atoms with van der Waals surface area (Å²) in [5.74, 6) is 1.85. The predicted molar refractivity (Wildman–Crippen MR) is 88.6 cm³/mol. The number of nitrogens with zero attached hydrogens (tertiary/aromatic N) is 1. The van der Waals surface area contributed by atoms with Crippen LogP contribution in [0.3, 0.4) is 0 Å². The Labute approximate surface area is 140 Å². The minimum absolute atomic E-state index is 0.0880. The predicted octanol–water partition coefficient (Wildman–Crippen LogP) is 1.89. The second-order valence-corrected chi connectivity index (χ2v) is 6.45. The summed E-state index contributed by atoms with van der Waals surface area (Å²) < 4.78 is 11.0. The Bertz CT molecular complexity index is 769. The molecule has 0 saturated carbocycles. The molecule has 1 atom stereocenters. The molecule has 0 saturated heterocycles. The number of H-pyrrole nitrogens is 1. The van der Waals surface area contributed by atoms with Gasteiger partial charge in [-0.25, -0.2) is 0 Å². The Kier molecular flexibility index (Phi) is 3.88. The number of hydrogen-bond acceptors (Lipinski definition) is 4. The molecule has 2 aliphatic rings. The zero-order chi connectivity index (χ0) is 16.5. The SMILES string of the molecule is COc1ccc2c(c1)OC[C@@H](CNC(=O)c1n[nH]c3c1CCC3)C2. The van der Waals surface area contributed by atoms with E-state index in [1.54, 1.807) is 7.11 Å². The van der Waals surface area contributed by atoms with Crippen molar-refractivity contribution in [1.29, 1.82) is 0 Å². The molecule has 0 bridgehead atoms. The van der Waals surface area contributed by atoms with Gasteiger partial charge in [-0.05, 0) is 37.3 Å². The second-order valence-electron chi connectivity index (χ2n) is 6.45. The maximum absolute atomic E-state index is 12.4. The minimum Gasteiger partial charge on any atom is -0.497 e. The average Bonchev–Trinajstić information content (AvgIpc) is 3.22. The third-order valence-corrected chi connectivity index (χ3v) is 4.83. The van der Waals surface area contributed by atoms with Crippen LogP contribution in [0.5, 0.6) is 11.5 Å². The van der Waals surface area contributed by atoms with Crippen LogP contribution in [-0.2, 0) is 19.3 Å². The lowest BCUT2D eigenvalue weighted by atomic mass is 9.96. The molecule has 2 heterocycles. The summed E-state index contributed by atoms with van der Waals surface area (Å²) in [6.07, 6.45) is 3.92. The zero-order valence-corrected chi connectivity index (χ0v) is 13.7. The van der Waals surface area contributed by atoms with Gasteiger partial charge in [-0.2, -0.15) is 5.10 Å². The summed E-state index contributed by atoms with van der Waals surface area (Å²) in [5.41, 5.74) is 3.92. The van der Waals surface area contributed by atoms with Crippen molar-refractivity contribution in [2.24, 2.45) is 5.92 Å². The van der Waals surface area contributed by atoms with Gasteiger partial charge >= 0.3 is 0 Å². The highest BCUT2D eigenvalue weighted by Crippen LogP contribution is 2.31. The van der Waals surface area contributed by atoms with E-state index in [2.05, 4.69) is 15.5 Å². The number of aryl methyl sites for hydroxylation is 1. The molecule has 6 heteroatoms. The molecule has 126 valence electrons. The molecule has 1 aliphatic heterocycles. The first-order valence-electron chi connectivity index (χ1n) is 8.38. The van der Waals surface area contributed by atoms with Crippen molar-refractivity contribution in [1.82, 2.24) is 15.5 Å². The van der Waals surface area contributed by atoms with Gasteiger partial charge < -0.3 is 14.8 Å². The monoisotopic (exact) mass is 327 g/mol. The van der Waals surface area contributed by atoms with Crippen LogP contribution in [0.2, 0.25) is 0 Å². The normalized spacial score (nSPS) is 18.5. The zero-order valence-electron chi connectivity index (χ0n) is 13.7. The van der Waals surface area contributed by atoms with E-state index in [-0.39, 0.29) is 11.8 Å². The van der Waals surface area contributed by atoms with Crippen LogP contribution in [0, 0.1) is 5.92 Å². The van der Waals surface area contributed by atoms with Crippen molar-refractivity contribution >= 4 is 5.91 Å². The van der Waals surface area contributed by atoms with Crippen molar-refractivity contribution in [3.63, 3.8) is 0 Å². The quantitative estimate of drug-likeness (QED) is 0.899. The van der Waals surface area contributed by atoms with Crippen LogP contribution in [0.25, 0.3) is 0 Å². The Morgan fingerprint density at radius 2 is 2.38 bits per heavy atom. The molecule has 4 rings (SSSR count). The van der Waals surface area contributed by atoms with Gasteiger partial charge in [0.15, 0.2) is 5.69 Å². The molecule has 1 amide bonds. The third kappa shape index (κ3) is 2.72. The van der Waals surface area contributed by atoms with E-state index in [1.165, 1.54) is 0 Å². The lowest BCUT2D eigenvalue weighted by Gasteiger charge is -2.25. The molecule has 2 aromatic rings. The van der Waals surface area contributed by atoms with Gasteiger partial charge in [0.25, 0.3) is 5.91 Å². The minimum atomic E-state index is -0.0880. The van der Waals surface area contributed by atoms with Gasteiger partial charge in [0, 0.05) is 29.8 Å². The molecule has 0 spiro atoms. The van der Waals surface area contributed by atoms with Crippen LogP contribution < -0.4 is 14.8 Å². The Morgan fingerprint density at radius 3 is 3.25 bits per heavy atom. The number of carbonyl (C=O) groups excluding carboxylic acids is 1. The number of aromatic amines is 1. The summed E-state index contributed by atoms with van der Waals surface area (Å²) in [6.45, 7) is 1.19. The third-order valence-electron chi connectivity index (χ3n) is 4.83. The number of benzene rings is 1. The van der Waals surface area contributed by atoms with Gasteiger partial charge in [-0.15, -0.1) is 0 Å². The fourth-order valence-electron chi connectivity index (χ4n) is 3.50. The first-order chi connectivity index (χ1) is 11.7. The first kappa shape index (κ1) is 15.1. The maximum Gasteiger partial charge on any atom is 0.272 e. The van der Waals surface area contributed by atoms with Crippen LogP contribution in [0.4, 0.5) is 0 Å². The van der Waals surface area contributed by atoms with Crippen molar-refractivity contribution in [2.45, 2.75) is 25.7 Å². The molecule has 24 heavy (non-hydrogen) atoms. The molecule has 2 N–H and O–H groups in total. The lowest BCUT2D eigenvalue weighted by Crippen LogP contribution is -2.35. The largest absolute Gasteiger partial charge is 0.497 e. The molecule has 6 nitrogen and oxygen atoms in total. The Hall–Kier alpha value is -2.50. The maximum atomic E-state index is 12.4. The Balaban J connectivity index is 1.37. The second kappa shape index (κ2) is 6.19. The van der Waals surface area contributed by atoms with Gasteiger partial charge in [0.05, 0.1) is 13.7 Å². The van der Waals surface area contributed by atoms with Gasteiger partial charge in [-0.3, -0.25) is 9.89 Å². The smallest absolute Gasteiger partial charge is 0.272 e. The number of nitrogens with one attached hydrogen (secondary N) is 2. The van der Waals surface area contributed by atoms with Gasteiger partial charge in [0.1, 0.15) is 11.5 Å². The number of ether oxygens (including phenoxy) is 2. The van der Waals surface area contributed by atoms with Crippen molar-refractivity contribution in [2.75, 3.05) is 20.3 Å². The standard InChI is InChI=1S/C18H21N3O3/c1-23-13-6-5-12-7-11(10-24-16(12)8-13)9-19-18(22)17-14-3-2-4-15(14)20-21-17/h5-6,8,11H,2-4,7,9-10H2,1H3,(H,19,22)(H,20,21)/t11-/m1/s1. The summed E-state index contributed by atoms with van der Waals surface area (Å²) >= 11 is 0. The summed E-state index contributed by atoms with van der Waals surface area (Å²) in [7, 11) is 1.65. The summed E-state index contributed by atoms with van der Waals surface area (Å²) in [6, 6.07) is 5.88. The Morgan fingerprint density at radius 1 is 1.46 bits per heavy atom. The molecule has 0 fully saturated rings. The number of hydrogen-bond donors (Lipinski definition) is 2. The number of methoxy groups -OCH3 is 1. The van der Waals surface area contributed by atoms with Crippen molar-refractivity contribution < 1.29 is 14.3 Å². The van der Waals surface area contributed by atoms with Crippen LogP contribution >= 0.6 is 0 Å². The summed E-state index contributed by atoms with van der Waals surface area (Å²) in [5, 5.41) is 10.2. The highest BCUT2D eigenvalue weighted by molar-refractivity contribution is 5.94. The topological polar surface area (TPSA) is 76.2 Å². The highest BCUT2D eigenvalue weighted by atomic mass is 16.5. The van der Waals surface area contributed by atoms with E-state index >= 15 is 0 Å². The molecular formula is C18H21N3O3. The number of amides is 1. The van der Waals surface area contributed by atoms with E-state index < -0.39 is 0 Å². The number of aromatic nitrogens is 2. The summed E-state index contributed by atoms with van der Waals surface area (Å²) in [4.78, 5) is 12.4. The van der Waals surface area contributed by atoms with Crippen LogP contribution in [0.1, 0.15) is 33.7 Å². The van der Waals surface area contributed by atoms with Crippen molar-refractivity contribution in [3.8, 4) is 11.5 Å². The number of carbonyl (C=O) groups is 1. The fraction of sp³-hybridized carbons (Fsp3) is 0.444. The number of fused-ring (bicyclic) bond motifs is 2.